The van der Waals surface area contributed by atoms with Crippen LogP contribution in [0.15, 0.2) is 30.6 Å². The number of nitrogens with zero attached hydrogens (tertiary/aromatic N) is 2. The van der Waals surface area contributed by atoms with Crippen molar-refractivity contribution in [2.45, 2.75) is 97.3 Å². The molecule has 2 rings (SSSR count). The highest BCUT2D eigenvalue weighted by Gasteiger charge is 2.12. The Bertz CT molecular complexity index is 756. The third kappa shape index (κ3) is 8.25. The molecule has 0 radical (unpaired) electrons. The molecule has 1 aromatic heterocycles. The van der Waals surface area contributed by atoms with Crippen molar-refractivity contribution in [1.82, 2.24) is 9.97 Å². The molecule has 164 valence electrons. The highest BCUT2D eigenvalue weighted by atomic mass is 16.4. The summed E-state index contributed by atoms with van der Waals surface area (Å²) in [5, 5.41) is 9.54. The Hall–Kier alpha value is -2.23. The smallest absolute Gasteiger partial charge is 0.335 e. The third-order valence-electron chi connectivity index (χ3n) is 5.67. The van der Waals surface area contributed by atoms with E-state index < -0.39 is 5.97 Å². The molecule has 0 amide bonds. The van der Waals surface area contributed by atoms with Crippen LogP contribution in [0.25, 0.3) is 11.3 Å². The Balaban J connectivity index is 1.98. The number of rotatable bonds is 15. The van der Waals surface area contributed by atoms with Crippen LogP contribution in [0, 0.1) is 0 Å². The van der Waals surface area contributed by atoms with Gasteiger partial charge in [0, 0.05) is 11.8 Å². The topological polar surface area (TPSA) is 63.1 Å². The lowest BCUT2D eigenvalue weighted by molar-refractivity contribution is 0.0695. The van der Waals surface area contributed by atoms with E-state index in [4.69, 9.17) is 0 Å². The highest BCUT2D eigenvalue weighted by molar-refractivity contribution is 5.90. The van der Waals surface area contributed by atoms with Crippen LogP contribution < -0.4 is 0 Å². The van der Waals surface area contributed by atoms with E-state index in [0.717, 1.165) is 54.6 Å². The summed E-state index contributed by atoms with van der Waals surface area (Å²) in [5.74, 6) is -0.855. The maximum absolute atomic E-state index is 11.6. The van der Waals surface area contributed by atoms with Gasteiger partial charge in [-0.3, -0.25) is 9.97 Å². The molecule has 0 bridgehead atoms. The molecule has 4 nitrogen and oxygen atoms in total. The lowest BCUT2D eigenvalue weighted by Crippen LogP contribution is -2.03. The van der Waals surface area contributed by atoms with Gasteiger partial charge in [-0.25, -0.2) is 4.79 Å². The second kappa shape index (κ2) is 13.9. The molecular formula is C26H38N2O2. The molecule has 1 N–H and O–H groups in total. The van der Waals surface area contributed by atoms with Crippen molar-refractivity contribution in [2.75, 3.05) is 0 Å². The van der Waals surface area contributed by atoms with Crippen LogP contribution in [0.4, 0.5) is 0 Å². The van der Waals surface area contributed by atoms with Crippen molar-refractivity contribution in [2.24, 2.45) is 0 Å². The normalized spacial score (nSPS) is 11.0. The first-order valence-corrected chi connectivity index (χ1v) is 11.8. The molecule has 2 aromatic rings. The van der Waals surface area contributed by atoms with Crippen LogP contribution in [0.1, 0.15) is 106 Å². The van der Waals surface area contributed by atoms with E-state index in [9.17, 15) is 9.90 Å². The predicted octanol–water partition coefficient (Wildman–Crippen LogP) is 7.26. The quantitative estimate of drug-likeness (QED) is 0.314. The fourth-order valence-corrected chi connectivity index (χ4v) is 3.81. The maximum Gasteiger partial charge on any atom is 0.335 e. The van der Waals surface area contributed by atoms with E-state index in [0.29, 0.717) is 5.56 Å². The minimum atomic E-state index is -0.855. The molecule has 0 saturated carbocycles. The number of carboxylic acid groups (broad SMARTS) is 1. The third-order valence-corrected chi connectivity index (χ3v) is 5.67. The van der Waals surface area contributed by atoms with Crippen LogP contribution in [0.2, 0.25) is 0 Å². The van der Waals surface area contributed by atoms with Crippen LogP contribution >= 0.6 is 0 Å². The average molecular weight is 411 g/mol. The maximum atomic E-state index is 11.6. The Labute approximate surface area is 182 Å². The molecule has 0 unspecified atom stereocenters. The van der Waals surface area contributed by atoms with Gasteiger partial charge in [-0.1, -0.05) is 77.7 Å². The average Bonchev–Trinajstić information content (AvgIpc) is 2.76. The van der Waals surface area contributed by atoms with Crippen molar-refractivity contribution in [1.29, 1.82) is 0 Å². The van der Waals surface area contributed by atoms with E-state index in [1.807, 2.05) is 24.5 Å². The van der Waals surface area contributed by atoms with Gasteiger partial charge in [0.2, 0.25) is 0 Å². The fourth-order valence-electron chi connectivity index (χ4n) is 3.81. The van der Waals surface area contributed by atoms with Crippen LogP contribution in [-0.2, 0) is 12.8 Å². The number of hydrogen-bond acceptors (Lipinski definition) is 3. The summed E-state index contributed by atoms with van der Waals surface area (Å²) < 4.78 is 0. The zero-order chi connectivity index (χ0) is 21.6. The zero-order valence-corrected chi connectivity index (χ0v) is 18.8. The molecule has 0 saturated heterocycles. The van der Waals surface area contributed by atoms with Gasteiger partial charge < -0.3 is 5.11 Å². The Morgan fingerprint density at radius 1 is 0.800 bits per heavy atom. The van der Waals surface area contributed by atoms with Crippen LogP contribution in [0.5, 0.6) is 0 Å². The molecule has 0 fully saturated rings. The van der Waals surface area contributed by atoms with Gasteiger partial charge in [0.15, 0.2) is 0 Å². The van der Waals surface area contributed by atoms with Crippen molar-refractivity contribution in [3.8, 4) is 11.3 Å². The molecule has 1 heterocycles. The number of carboxylic acids is 1. The summed E-state index contributed by atoms with van der Waals surface area (Å²) in [5.41, 5.74) is 4.10. The van der Waals surface area contributed by atoms with E-state index in [2.05, 4.69) is 23.8 Å². The Kier molecular flexibility index (Phi) is 11.1. The van der Waals surface area contributed by atoms with E-state index in [-0.39, 0.29) is 0 Å². The van der Waals surface area contributed by atoms with Gasteiger partial charge in [0.05, 0.1) is 23.1 Å². The predicted molar refractivity (Wildman–Crippen MR) is 124 cm³/mol. The second-order valence-corrected chi connectivity index (χ2v) is 8.25. The lowest BCUT2D eigenvalue weighted by atomic mass is 9.97. The van der Waals surface area contributed by atoms with Crippen molar-refractivity contribution < 1.29 is 9.90 Å². The number of aromatic nitrogens is 2. The zero-order valence-electron chi connectivity index (χ0n) is 18.8. The first-order chi connectivity index (χ1) is 14.7. The van der Waals surface area contributed by atoms with Gasteiger partial charge in [0.1, 0.15) is 0 Å². The summed E-state index contributed by atoms with van der Waals surface area (Å²) in [6, 6.07) is 5.56. The first kappa shape index (κ1) is 24.0. The minimum Gasteiger partial charge on any atom is -0.478 e. The van der Waals surface area contributed by atoms with E-state index in [1.165, 1.54) is 51.4 Å². The van der Waals surface area contributed by atoms with Gasteiger partial charge in [-0.15, -0.1) is 0 Å². The van der Waals surface area contributed by atoms with Crippen LogP contribution in [-0.4, -0.2) is 21.0 Å². The summed E-state index contributed by atoms with van der Waals surface area (Å²) in [4.78, 5) is 20.8. The van der Waals surface area contributed by atoms with Crippen molar-refractivity contribution >= 4 is 5.97 Å². The van der Waals surface area contributed by atoms with Gasteiger partial charge in [-0.05, 0) is 43.4 Å². The Morgan fingerprint density at radius 3 is 2.03 bits per heavy atom. The highest BCUT2D eigenvalue weighted by Crippen LogP contribution is 2.23. The van der Waals surface area contributed by atoms with Gasteiger partial charge in [0.25, 0.3) is 0 Å². The Morgan fingerprint density at radius 2 is 1.43 bits per heavy atom. The summed E-state index contributed by atoms with van der Waals surface area (Å²) in [6.07, 6.45) is 18.9. The van der Waals surface area contributed by atoms with Gasteiger partial charge in [-0.2, -0.15) is 0 Å². The largest absolute Gasteiger partial charge is 0.478 e. The van der Waals surface area contributed by atoms with Gasteiger partial charge >= 0.3 is 5.97 Å². The van der Waals surface area contributed by atoms with Crippen LogP contribution in [0.3, 0.4) is 0 Å². The summed E-state index contributed by atoms with van der Waals surface area (Å²) in [6.45, 7) is 4.44. The first-order valence-electron chi connectivity index (χ1n) is 11.8. The lowest BCUT2D eigenvalue weighted by Gasteiger charge is -2.10. The molecule has 1 aromatic carbocycles. The standard InChI is InChI=1S/C26H38N2O2/c1-3-5-7-9-11-12-14-21-18-22(16-17-24(21)26(29)30)25-20-27-23(19-28-25)15-13-10-8-6-4-2/h16-20H,3-15H2,1-2H3,(H,29,30). The molecule has 0 aliphatic heterocycles. The molecule has 0 atom stereocenters. The van der Waals surface area contributed by atoms with E-state index >= 15 is 0 Å². The fraction of sp³-hybridized carbons (Fsp3) is 0.577. The number of aromatic carboxylic acids is 1. The number of aryl methyl sites for hydroxylation is 2. The molecule has 0 aliphatic rings. The summed E-state index contributed by atoms with van der Waals surface area (Å²) >= 11 is 0. The van der Waals surface area contributed by atoms with Crippen molar-refractivity contribution in [3.63, 3.8) is 0 Å². The molecular weight excluding hydrogens is 372 g/mol. The SMILES string of the molecule is CCCCCCCCc1cc(-c2cnc(CCCCCCC)cn2)ccc1C(=O)O. The van der Waals surface area contributed by atoms with Crippen molar-refractivity contribution in [3.05, 3.63) is 47.4 Å². The monoisotopic (exact) mass is 410 g/mol. The number of unbranched alkanes of at least 4 members (excludes halogenated alkanes) is 9. The summed E-state index contributed by atoms with van der Waals surface area (Å²) in [7, 11) is 0. The second-order valence-electron chi connectivity index (χ2n) is 8.25. The number of carbonyl (C=O) groups is 1. The number of hydrogen-bond donors (Lipinski definition) is 1. The molecule has 0 aliphatic carbocycles. The van der Waals surface area contributed by atoms with E-state index in [1.54, 1.807) is 6.07 Å². The molecule has 4 heteroatoms. The minimum absolute atomic E-state index is 0.406. The molecule has 0 spiro atoms. The molecule has 30 heavy (non-hydrogen) atoms. The number of benzene rings is 1.